The molecule has 2 aliphatic rings. The molecule has 12 atom stereocenters. The SMILES string of the molecule is CC(C)(C)OC(=O)N[C@@H]1C(O)[C@H](NC(=O)OC(C)(C)C)[C@H](O)C(NCc2ccc(CNC3[C@@H](O)[C@@H](NC(=O)OC(C)(C)C)C(O)[C@@H](NC(=O)OC(C)(C)C)[C@H]3O)cc2)[C@@H]1O. The van der Waals surface area contributed by atoms with E-state index in [1.807, 2.05) is 0 Å². The van der Waals surface area contributed by atoms with Crippen LogP contribution >= 0.6 is 0 Å². The first-order chi connectivity index (χ1) is 27.4. The Labute approximate surface area is 351 Å². The molecule has 4 amide bonds. The van der Waals surface area contributed by atoms with Crippen LogP contribution in [0.15, 0.2) is 24.3 Å². The van der Waals surface area contributed by atoms with Crippen LogP contribution in [0.3, 0.4) is 0 Å². The van der Waals surface area contributed by atoms with Gasteiger partial charge in [-0.25, -0.2) is 19.2 Å². The third kappa shape index (κ3) is 15.2. The molecule has 0 spiro atoms. The molecule has 20 heteroatoms. The van der Waals surface area contributed by atoms with E-state index in [1.54, 1.807) is 107 Å². The van der Waals surface area contributed by atoms with Crippen molar-refractivity contribution in [1.29, 1.82) is 0 Å². The lowest BCUT2D eigenvalue weighted by Crippen LogP contribution is -2.74. The highest BCUT2D eigenvalue weighted by atomic mass is 16.6. The Morgan fingerprint density at radius 3 is 0.767 bits per heavy atom. The van der Waals surface area contributed by atoms with Crippen molar-refractivity contribution >= 4 is 24.4 Å². The number of hydrogen-bond acceptors (Lipinski definition) is 16. The summed E-state index contributed by atoms with van der Waals surface area (Å²) in [4.78, 5) is 50.8. The van der Waals surface area contributed by atoms with Gasteiger partial charge in [-0.2, -0.15) is 0 Å². The van der Waals surface area contributed by atoms with Gasteiger partial charge in [0.05, 0.1) is 72.9 Å². The summed E-state index contributed by atoms with van der Waals surface area (Å²) in [6.45, 7) is 19.8. The minimum absolute atomic E-state index is 0.0644. The van der Waals surface area contributed by atoms with E-state index in [1.165, 1.54) is 0 Å². The molecule has 2 saturated carbocycles. The summed E-state index contributed by atoms with van der Waals surface area (Å²) in [5.41, 5.74) is -2.26. The van der Waals surface area contributed by atoms with E-state index in [-0.39, 0.29) is 13.1 Å². The third-order valence-electron chi connectivity index (χ3n) is 9.26. The lowest BCUT2D eigenvalue weighted by atomic mass is 9.79. The zero-order chi connectivity index (χ0) is 45.7. The summed E-state index contributed by atoms with van der Waals surface area (Å²) < 4.78 is 21.3. The smallest absolute Gasteiger partial charge is 0.408 e. The van der Waals surface area contributed by atoms with E-state index in [4.69, 9.17) is 18.9 Å². The van der Waals surface area contributed by atoms with Crippen LogP contribution in [0.5, 0.6) is 0 Å². The summed E-state index contributed by atoms with van der Waals surface area (Å²) in [6.07, 6.45) is -13.3. The molecular formula is C40H68N6O14. The van der Waals surface area contributed by atoms with Gasteiger partial charge in [0.1, 0.15) is 22.4 Å². The molecule has 0 bridgehead atoms. The highest BCUT2D eigenvalue weighted by molar-refractivity contribution is 5.70. The molecule has 1 aromatic rings. The van der Waals surface area contributed by atoms with E-state index in [2.05, 4.69) is 31.9 Å². The summed E-state index contributed by atoms with van der Waals surface area (Å²) in [5, 5.41) is 83.7. The van der Waals surface area contributed by atoms with E-state index in [0.29, 0.717) is 11.1 Å². The fourth-order valence-electron chi connectivity index (χ4n) is 6.74. The number of amides is 4. The van der Waals surface area contributed by atoms with Crippen LogP contribution in [0.1, 0.15) is 94.2 Å². The zero-order valence-corrected chi connectivity index (χ0v) is 36.6. The molecule has 60 heavy (non-hydrogen) atoms. The number of carbonyl (C=O) groups is 4. The lowest BCUT2D eigenvalue weighted by Gasteiger charge is -2.46. The number of ether oxygens (including phenoxy) is 4. The maximum atomic E-state index is 12.7. The molecule has 1 aromatic carbocycles. The second kappa shape index (κ2) is 19.8. The van der Waals surface area contributed by atoms with Crippen LogP contribution in [-0.4, -0.2) is 150 Å². The number of rotatable bonds is 10. The molecule has 20 nitrogen and oxygen atoms in total. The molecule has 0 saturated heterocycles. The molecule has 0 radical (unpaired) electrons. The zero-order valence-electron chi connectivity index (χ0n) is 36.6. The van der Waals surface area contributed by atoms with E-state index < -0.39 is 120 Å². The Morgan fingerprint density at radius 1 is 0.400 bits per heavy atom. The quantitative estimate of drug-likeness (QED) is 0.142. The van der Waals surface area contributed by atoms with Gasteiger partial charge in [-0.05, 0) is 94.2 Å². The Kier molecular flexibility index (Phi) is 16.6. The lowest BCUT2D eigenvalue weighted by molar-refractivity contribution is -0.0985. The fraction of sp³-hybridized carbons (Fsp3) is 0.750. The Morgan fingerprint density at radius 2 is 0.583 bits per heavy atom. The molecule has 0 heterocycles. The van der Waals surface area contributed by atoms with Crippen molar-refractivity contribution in [1.82, 2.24) is 31.9 Å². The van der Waals surface area contributed by atoms with Crippen LogP contribution in [-0.2, 0) is 32.0 Å². The average molecular weight is 857 g/mol. The monoisotopic (exact) mass is 856 g/mol. The van der Waals surface area contributed by atoms with Crippen LogP contribution in [0.25, 0.3) is 0 Å². The Bertz CT molecular complexity index is 1400. The Balaban J connectivity index is 1.77. The molecule has 2 aliphatic carbocycles. The number of carbonyl (C=O) groups excluding carboxylic acids is 4. The first-order valence-corrected chi connectivity index (χ1v) is 20.0. The predicted molar refractivity (Wildman–Crippen MR) is 216 cm³/mol. The Hall–Kier alpha value is -4.02. The molecule has 0 aliphatic heterocycles. The van der Waals surface area contributed by atoms with Crippen molar-refractivity contribution in [3.8, 4) is 0 Å². The number of nitrogens with one attached hydrogen (secondary N) is 6. The van der Waals surface area contributed by atoms with Gasteiger partial charge in [-0.1, -0.05) is 24.3 Å². The predicted octanol–water partition coefficient (Wildman–Crippen LogP) is 0.369. The maximum absolute atomic E-state index is 12.7. The second-order valence-corrected chi connectivity index (χ2v) is 19.3. The van der Waals surface area contributed by atoms with Gasteiger partial charge < -0.3 is 81.5 Å². The third-order valence-corrected chi connectivity index (χ3v) is 9.26. The number of alkyl carbamates (subject to hydrolysis) is 4. The minimum Gasteiger partial charge on any atom is -0.444 e. The maximum Gasteiger partial charge on any atom is 0.408 e. The number of aliphatic hydroxyl groups is 6. The normalized spacial score (nSPS) is 30.0. The van der Waals surface area contributed by atoms with Crippen LogP contribution in [0, 0.1) is 0 Å². The fourth-order valence-corrected chi connectivity index (χ4v) is 6.74. The molecular weight excluding hydrogens is 788 g/mol. The topological polar surface area (TPSA) is 299 Å². The van der Waals surface area contributed by atoms with E-state index in [0.717, 1.165) is 0 Å². The van der Waals surface area contributed by atoms with Gasteiger partial charge in [0.2, 0.25) is 0 Å². The standard InChI is InChI=1S/C40H68N6O14/c1-37(2,3)57-33(53)43-23-27(47)21(28(48)24(31(23)51)44-34(54)58-38(4,5)6)41-17-19-13-15-20(16-14-19)18-42-22-29(49)25(45-35(55)59-39(7,8)9)32(52)26(30(22)50)46-36(56)60-40(10,11)12/h13-16,21-32,41-42,47-52H,17-18H2,1-12H3,(H,43,53)(H,44,54)(H,45,55)(H,46,56)/t21?,22?,23-,24+,25-,26+,27-,28+,29-,30+,31?,32?. The average Bonchev–Trinajstić information content (AvgIpc) is 3.06. The first-order valence-electron chi connectivity index (χ1n) is 20.0. The van der Waals surface area contributed by atoms with Crippen LogP contribution in [0.2, 0.25) is 0 Å². The van der Waals surface area contributed by atoms with Gasteiger partial charge in [-0.15, -0.1) is 0 Å². The number of aliphatic hydroxyl groups excluding tert-OH is 6. The van der Waals surface area contributed by atoms with Crippen molar-refractivity contribution in [2.75, 3.05) is 0 Å². The highest BCUT2D eigenvalue weighted by Crippen LogP contribution is 2.26. The second-order valence-electron chi connectivity index (χ2n) is 19.3. The van der Waals surface area contributed by atoms with Crippen molar-refractivity contribution in [3.05, 3.63) is 35.4 Å². The van der Waals surface area contributed by atoms with Crippen molar-refractivity contribution in [3.63, 3.8) is 0 Å². The summed E-state index contributed by atoms with van der Waals surface area (Å²) in [5.74, 6) is 0. The van der Waals surface area contributed by atoms with Gasteiger partial charge >= 0.3 is 24.4 Å². The summed E-state index contributed by atoms with van der Waals surface area (Å²) >= 11 is 0. The van der Waals surface area contributed by atoms with Gasteiger partial charge in [0.25, 0.3) is 0 Å². The largest absolute Gasteiger partial charge is 0.444 e. The van der Waals surface area contributed by atoms with Gasteiger partial charge in [0, 0.05) is 13.1 Å². The van der Waals surface area contributed by atoms with E-state index in [9.17, 15) is 49.8 Å². The van der Waals surface area contributed by atoms with Crippen molar-refractivity contribution < 1.29 is 68.8 Å². The minimum atomic E-state index is -1.66. The molecule has 3 rings (SSSR count). The molecule has 2 fully saturated rings. The van der Waals surface area contributed by atoms with Gasteiger partial charge in [0.15, 0.2) is 0 Å². The molecule has 12 N–H and O–H groups in total. The van der Waals surface area contributed by atoms with Crippen molar-refractivity contribution in [2.45, 2.75) is 191 Å². The van der Waals surface area contributed by atoms with Crippen LogP contribution < -0.4 is 31.9 Å². The molecule has 342 valence electrons. The van der Waals surface area contributed by atoms with Crippen molar-refractivity contribution in [2.24, 2.45) is 0 Å². The first kappa shape index (κ1) is 50.3. The highest BCUT2D eigenvalue weighted by Gasteiger charge is 2.52. The van der Waals surface area contributed by atoms with Gasteiger partial charge in [-0.3, -0.25) is 0 Å². The number of hydrogen-bond donors (Lipinski definition) is 12. The summed E-state index contributed by atoms with van der Waals surface area (Å²) in [6, 6.07) is -1.04. The number of benzene rings is 1. The van der Waals surface area contributed by atoms with Crippen LogP contribution in [0.4, 0.5) is 19.2 Å². The molecule has 4 unspecified atom stereocenters. The summed E-state index contributed by atoms with van der Waals surface area (Å²) in [7, 11) is 0. The van der Waals surface area contributed by atoms with E-state index >= 15 is 0 Å². The molecule has 0 aromatic heterocycles.